The maximum Gasteiger partial charge on any atom is 0.351 e. The molecule has 5 heteroatoms. The molecular formula is C14H12N2O2S. The van der Waals surface area contributed by atoms with Crippen molar-refractivity contribution < 1.29 is 9.53 Å². The molecule has 96 valence electrons. The summed E-state index contributed by atoms with van der Waals surface area (Å²) >= 11 is 1.28. The Morgan fingerprint density at radius 3 is 2.74 bits per heavy atom. The standard InChI is InChI=1S/C14H12N2O2S/c1-9(8-15)18-14(17)12-10(2)16-13(19-12)11-6-4-3-5-7-11/h3-7,9H,1-2H3/t9-/m1/s1. The number of ether oxygens (including phenoxy) is 1. The van der Waals surface area contributed by atoms with Crippen molar-refractivity contribution in [3.05, 3.63) is 40.9 Å². The Morgan fingerprint density at radius 2 is 2.11 bits per heavy atom. The van der Waals surface area contributed by atoms with E-state index < -0.39 is 12.1 Å². The van der Waals surface area contributed by atoms with Crippen molar-refractivity contribution >= 4 is 17.3 Å². The zero-order valence-corrected chi connectivity index (χ0v) is 11.4. The van der Waals surface area contributed by atoms with E-state index in [1.54, 1.807) is 6.92 Å². The Hall–Kier alpha value is -2.19. The van der Waals surface area contributed by atoms with E-state index in [-0.39, 0.29) is 0 Å². The maximum atomic E-state index is 11.9. The highest BCUT2D eigenvalue weighted by atomic mass is 32.1. The fourth-order valence-corrected chi connectivity index (χ4v) is 2.49. The summed E-state index contributed by atoms with van der Waals surface area (Å²) in [5.74, 6) is -0.494. The monoisotopic (exact) mass is 272 g/mol. The van der Waals surface area contributed by atoms with Crippen molar-refractivity contribution in [3.63, 3.8) is 0 Å². The second-order valence-electron chi connectivity index (χ2n) is 3.98. The van der Waals surface area contributed by atoms with Crippen LogP contribution in [0.5, 0.6) is 0 Å². The van der Waals surface area contributed by atoms with Gasteiger partial charge in [0, 0.05) is 5.56 Å². The number of esters is 1. The van der Waals surface area contributed by atoms with Gasteiger partial charge >= 0.3 is 5.97 Å². The molecule has 2 aromatic rings. The van der Waals surface area contributed by atoms with Crippen LogP contribution >= 0.6 is 11.3 Å². The number of nitriles is 1. The highest BCUT2D eigenvalue weighted by molar-refractivity contribution is 7.17. The fraction of sp³-hybridized carbons (Fsp3) is 0.214. The molecule has 19 heavy (non-hydrogen) atoms. The lowest BCUT2D eigenvalue weighted by molar-refractivity contribution is 0.0440. The van der Waals surface area contributed by atoms with E-state index >= 15 is 0 Å². The first-order valence-electron chi connectivity index (χ1n) is 5.75. The number of benzene rings is 1. The molecule has 0 unspecified atom stereocenters. The molecule has 0 N–H and O–H groups in total. The molecule has 1 aromatic heterocycles. The van der Waals surface area contributed by atoms with E-state index in [2.05, 4.69) is 4.98 Å². The van der Waals surface area contributed by atoms with Gasteiger partial charge in [-0.05, 0) is 13.8 Å². The van der Waals surface area contributed by atoms with Crippen molar-refractivity contribution in [2.45, 2.75) is 20.0 Å². The number of thiazole rings is 1. The van der Waals surface area contributed by atoms with E-state index in [9.17, 15) is 4.79 Å². The van der Waals surface area contributed by atoms with E-state index in [4.69, 9.17) is 10.00 Å². The van der Waals surface area contributed by atoms with Gasteiger partial charge in [0.15, 0.2) is 6.10 Å². The number of aromatic nitrogens is 1. The van der Waals surface area contributed by atoms with Gasteiger partial charge in [-0.3, -0.25) is 0 Å². The quantitative estimate of drug-likeness (QED) is 0.805. The molecule has 0 aliphatic carbocycles. The molecule has 4 nitrogen and oxygen atoms in total. The number of nitrogens with zero attached hydrogens (tertiary/aromatic N) is 2. The summed E-state index contributed by atoms with van der Waals surface area (Å²) in [6, 6.07) is 11.5. The summed E-state index contributed by atoms with van der Waals surface area (Å²) in [7, 11) is 0. The van der Waals surface area contributed by atoms with Gasteiger partial charge in [-0.1, -0.05) is 30.3 Å². The van der Waals surface area contributed by atoms with E-state index in [1.165, 1.54) is 18.3 Å². The largest absolute Gasteiger partial charge is 0.443 e. The Labute approximate surface area is 115 Å². The summed E-state index contributed by atoms with van der Waals surface area (Å²) in [5.41, 5.74) is 1.59. The van der Waals surface area contributed by atoms with Gasteiger partial charge in [0.1, 0.15) is 16.0 Å². The van der Waals surface area contributed by atoms with E-state index in [0.29, 0.717) is 10.6 Å². The SMILES string of the molecule is Cc1nc(-c2ccccc2)sc1C(=O)O[C@H](C)C#N. The molecule has 0 radical (unpaired) electrons. The molecule has 0 spiro atoms. The van der Waals surface area contributed by atoms with Crippen molar-refractivity contribution in [2.24, 2.45) is 0 Å². The number of hydrogen-bond acceptors (Lipinski definition) is 5. The normalized spacial score (nSPS) is 11.6. The van der Waals surface area contributed by atoms with Crippen LogP contribution in [0, 0.1) is 18.3 Å². The van der Waals surface area contributed by atoms with Crippen LogP contribution in [-0.4, -0.2) is 17.1 Å². The van der Waals surface area contributed by atoms with Crippen LogP contribution in [0.25, 0.3) is 10.6 Å². The maximum absolute atomic E-state index is 11.9. The van der Waals surface area contributed by atoms with Crippen molar-refractivity contribution in [1.82, 2.24) is 4.98 Å². The highest BCUT2D eigenvalue weighted by Gasteiger charge is 2.19. The number of carbonyl (C=O) groups is 1. The number of carbonyl (C=O) groups excluding carboxylic acids is 1. The zero-order chi connectivity index (χ0) is 13.8. The molecular weight excluding hydrogens is 260 g/mol. The van der Waals surface area contributed by atoms with Crippen molar-refractivity contribution in [3.8, 4) is 16.6 Å². The molecule has 0 aliphatic rings. The van der Waals surface area contributed by atoms with Crippen LogP contribution in [-0.2, 0) is 4.74 Å². The first-order valence-corrected chi connectivity index (χ1v) is 6.57. The fourth-order valence-electron chi connectivity index (χ4n) is 1.53. The predicted octanol–water partition coefficient (Wildman–Crippen LogP) is 3.19. The van der Waals surface area contributed by atoms with Gasteiger partial charge in [0.25, 0.3) is 0 Å². The van der Waals surface area contributed by atoms with Gasteiger partial charge < -0.3 is 4.74 Å². The van der Waals surface area contributed by atoms with Crippen LogP contribution in [0.2, 0.25) is 0 Å². The minimum Gasteiger partial charge on any atom is -0.443 e. The van der Waals surface area contributed by atoms with Crippen LogP contribution in [0.4, 0.5) is 0 Å². The number of aryl methyl sites for hydroxylation is 1. The van der Waals surface area contributed by atoms with Crippen LogP contribution in [0.3, 0.4) is 0 Å². The predicted molar refractivity (Wildman–Crippen MR) is 72.8 cm³/mol. The summed E-state index contributed by atoms with van der Waals surface area (Å²) in [6.45, 7) is 3.29. The van der Waals surface area contributed by atoms with Crippen LogP contribution < -0.4 is 0 Å². The second kappa shape index (κ2) is 5.63. The Kier molecular flexibility index (Phi) is 3.93. The van der Waals surface area contributed by atoms with Crippen LogP contribution in [0.15, 0.2) is 30.3 Å². The summed E-state index contributed by atoms with van der Waals surface area (Å²) in [4.78, 5) is 16.7. The van der Waals surface area contributed by atoms with Gasteiger partial charge in [0.2, 0.25) is 0 Å². The van der Waals surface area contributed by atoms with Gasteiger partial charge in [-0.2, -0.15) is 5.26 Å². The second-order valence-corrected chi connectivity index (χ2v) is 4.98. The van der Waals surface area contributed by atoms with Crippen LogP contribution in [0.1, 0.15) is 22.3 Å². The average molecular weight is 272 g/mol. The molecule has 1 aromatic carbocycles. The highest BCUT2D eigenvalue weighted by Crippen LogP contribution is 2.28. The van der Waals surface area contributed by atoms with E-state index in [1.807, 2.05) is 36.4 Å². The summed E-state index contributed by atoms with van der Waals surface area (Å²) in [6.07, 6.45) is -0.755. The summed E-state index contributed by atoms with van der Waals surface area (Å²) in [5, 5.41) is 9.42. The Balaban J connectivity index is 2.27. The third kappa shape index (κ3) is 2.98. The zero-order valence-electron chi connectivity index (χ0n) is 10.6. The average Bonchev–Trinajstić information content (AvgIpc) is 2.81. The molecule has 0 saturated heterocycles. The summed E-state index contributed by atoms with van der Waals surface area (Å²) < 4.78 is 4.99. The molecule has 1 heterocycles. The molecule has 1 atom stereocenters. The van der Waals surface area contributed by atoms with Crippen molar-refractivity contribution in [1.29, 1.82) is 5.26 Å². The lowest BCUT2D eigenvalue weighted by Crippen LogP contribution is -2.12. The van der Waals surface area contributed by atoms with Gasteiger partial charge in [-0.15, -0.1) is 11.3 Å². The smallest absolute Gasteiger partial charge is 0.351 e. The molecule has 0 aliphatic heterocycles. The molecule has 0 amide bonds. The van der Waals surface area contributed by atoms with E-state index in [0.717, 1.165) is 10.6 Å². The topological polar surface area (TPSA) is 63.0 Å². The molecule has 0 saturated carbocycles. The lowest BCUT2D eigenvalue weighted by atomic mass is 10.2. The lowest BCUT2D eigenvalue weighted by Gasteiger charge is -2.03. The third-order valence-electron chi connectivity index (χ3n) is 2.47. The van der Waals surface area contributed by atoms with Gasteiger partial charge in [0.05, 0.1) is 5.69 Å². The molecule has 0 fully saturated rings. The first-order chi connectivity index (χ1) is 9.11. The minimum absolute atomic E-state index is 0.445. The van der Waals surface area contributed by atoms with Gasteiger partial charge in [-0.25, -0.2) is 9.78 Å². The minimum atomic E-state index is -0.755. The Morgan fingerprint density at radius 1 is 1.42 bits per heavy atom. The Bertz CT molecular complexity index is 629. The number of hydrogen-bond donors (Lipinski definition) is 0. The number of rotatable bonds is 3. The first kappa shape index (κ1) is 13.2. The van der Waals surface area contributed by atoms with Crippen molar-refractivity contribution in [2.75, 3.05) is 0 Å². The molecule has 0 bridgehead atoms. The third-order valence-corrected chi connectivity index (χ3v) is 3.65. The molecule has 2 rings (SSSR count).